The molecule has 1 heterocycles. The number of carbonyl (C=O) groups is 1. The van der Waals surface area contributed by atoms with Gasteiger partial charge in [-0.1, -0.05) is 5.16 Å². The first-order valence-corrected chi connectivity index (χ1v) is 6.62. The van der Waals surface area contributed by atoms with Gasteiger partial charge in [0.25, 0.3) is 0 Å². The number of carboxylic acids is 1. The predicted molar refractivity (Wildman–Crippen MR) is 72.6 cm³/mol. The molecule has 0 spiro atoms. The molecule has 0 saturated carbocycles. The molecular formula is C15H15F2NO4. The van der Waals surface area contributed by atoms with E-state index in [1.54, 1.807) is 13.8 Å². The van der Waals surface area contributed by atoms with Crippen LogP contribution < -0.4 is 4.74 Å². The van der Waals surface area contributed by atoms with E-state index in [9.17, 15) is 13.6 Å². The van der Waals surface area contributed by atoms with Crippen LogP contribution in [-0.4, -0.2) is 16.2 Å². The van der Waals surface area contributed by atoms with Gasteiger partial charge in [0.15, 0.2) is 17.4 Å². The number of nitrogens with zero attached hydrogens (tertiary/aromatic N) is 1. The van der Waals surface area contributed by atoms with Crippen LogP contribution in [0.25, 0.3) is 0 Å². The zero-order valence-corrected chi connectivity index (χ0v) is 12.2. The van der Waals surface area contributed by atoms with Crippen molar-refractivity contribution in [1.82, 2.24) is 5.16 Å². The Hall–Kier alpha value is -2.44. The molecule has 0 amide bonds. The van der Waals surface area contributed by atoms with Crippen LogP contribution in [0.4, 0.5) is 8.78 Å². The summed E-state index contributed by atoms with van der Waals surface area (Å²) in [5, 5.41) is 12.3. The van der Waals surface area contributed by atoms with Gasteiger partial charge >= 0.3 is 5.97 Å². The average Bonchev–Trinajstić information content (AvgIpc) is 2.75. The van der Waals surface area contributed by atoms with E-state index in [1.807, 2.05) is 0 Å². The molecule has 1 aromatic carbocycles. The van der Waals surface area contributed by atoms with Gasteiger partial charge in [-0.3, -0.25) is 4.79 Å². The number of benzene rings is 1. The van der Waals surface area contributed by atoms with Crippen LogP contribution in [0.15, 0.2) is 16.7 Å². The number of ether oxygens (including phenoxy) is 1. The molecule has 0 saturated heterocycles. The highest BCUT2D eigenvalue weighted by Crippen LogP contribution is 2.26. The van der Waals surface area contributed by atoms with Crippen molar-refractivity contribution in [2.75, 3.05) is 0 Å². The summed E-state index contributed by atoms with van der Waals surface area (Å²) in [5.41, 5.74) is 1.49. The van der Waals surface area contributed by atoms with Gasteiger partial charge in [-0.05, 0) is 38.0 Å². The maximum atomic E-state index is 13.9. The highest BCUT2D eigenvalue weighted by molar-refractivity contribution is 5.67. The van der Waals surface area contributed by atoms with Crippen molar-refractivity contribution < 1.29 is 27.9 Å². The number of rotatable bonds is 6. The first-order valence-electron chi connectivity index (χ1n) is 6.62. The Morgan fingerprint density at radius 2 is 1.95 bits per heavy atom. The summed E-state index contributed by atoms with van der Waals surface area (Å²) in [7, 11) is 0. The topological polar surface area (TPSA) is 72.6 Å². The Kier molecular flexibility index (Phi) is 4.75. The van der Waals surface area contributed by atoms with Crippen LogP contribution in [0.1, 0.15) is 29.0 Å². The second-order valence-corrected chi connectivity index (χ2v) is 4.87. The lowest BCUT2D eigenvalue weighted by Crippen LogP contribution is -2.04. The lowest BCUT2D eigenvalue weighted by molar-refractivity contribution is -0.136. The Morgan fingerprint density at radius 1 is 1.32 bits per heavy atom. The van der Waals surface area contributed by atoms with Crippen molar-refractivity contribution in [2.24, 2.45) is 0 Å². The number of hydrogen-bond acceptors (Lipinski definition) is 4. The molecule has 0 aliphatic heterocycles. The van der Waals surface area contributed by atoms with Gasteiger partial charge in [-0.15, -0.1) is 0 Å². The molecule has 2 rings (SSSR count). The quantitative estimate of drug-likeness (QED) is 0.887. The Morgan fingerprint density at radius 3 is 2.45 bits per heavy atom. The number of aliphatic carboxylic acids is 1. The molecule has 1 N–H and O–H groups in total. The fraction of sp³-hybridized carbons (Fsp3) is 0.333. The third-order valence-electron chi connectivity index (χ3n) is 3.23. The SMILES string of the molecule is Cc1noc(C)c1COc1c(F)cc(CCC(=O)O)cc1F. The van der Waals surface area contributed by atoms with Crippen LogP contribution in [0.3, 0.4) is 0 Å². The minimum Gasteiger partial charge on any atom is -0.483 e. The van der Waals surface area contributed by atoms with Crippen LogP contribution in [0, 0.1) is 25.5 Å². The van der Waals surface area contributed by atoms with E-state index in [0.717, 1.165) is 12.1 Å². The van der Waals surface area contributed by atoms with E-state index in [-0.39, 0.29) is 25.0 Å². The maximum Gasteiger partial charge on any atom is 0.303 e. The number of carboxylic acid groups (broad SMARTS) is 1. The standard InChI is InChI=1S/C15H15F2NO4/c1-8-11(9(2)22-18-8)7-21-15-12(16)5-10(6-13(15)17)3-4-14(19)20/h5-6H,3-4,7H2,1-2H3,(H,19,20). The van der Waals surface area contributed by atoms with Gasteiger partial charge in [0.05, 0.1) is 11.3 Å². The molecule has 0 aliphatic carbocycles. The van der Waals surface area contributed by atoms with Crippen molar-refractivity contribution in [1.29, 1.82) is 0 Å². The Bertz CT molecular complexity index is 654. The van der Waals surface area contributed by atoms with Crippen LogP contribution >= 0.6 is 0 Å². The van der Waals surface area contributed by atoms with Crippen molar-refractivity contribution in [3.05, 3.63) is 46.3 Å². The normalized spacial score (nSPS) is 10.7. The summed E-state index contributed by atoms with van der Waals surface area (Å²) in [6, 6.07) is 2.16. The second-order valence-electron chi connectivity index (χ2n) is 4.87. The Balaban J connectivity index is 2.13. The van der Waals surface area contributed by atoms with E-state index in [0.29, 0.717) is 17.0 Å². The van der Waals surface area contributed by atoms with E-state index in [4.69, 9.17) is 14.4 Å². The predicted octanol–water partition coefficient (Wildman–Crippen LogP) is 3.17. The summed E-state index contributed by atoms with van der Waals surface area (Å²) in [4.78, 5) is 10.5. The molecule has 0 aliphatic rings. The summed E-state index contributed by atoms with van der Waals surface area (Å²) >= 11 is 0. The minimum atomic E-state index is -1.03. The van der Waals surface area contributed by atoms with Gasteiger partial charge < -0.3 is 14.4 Å². The van der Waals surface area contributed by atoms with Gasteiger partial charge in [0.1, 0.15) is 12.4 Å². The largest absolute Gasteiger partial charge is 0.483 e. The van der Waals surface area contributed by atoms with Crippen LogP contribution in [0.5, 0.6) is 5.75 Å². The van der Waals surface area contributed by atoms with Crippen molar-refractivity contribution in [3.63, 3.8) is 0 Å². The number of halogens is 2. The van der Waals surface area contributed by atoms with Crippen LogP contribution in [0.2, 0.25) is 0 Å². The molecule has 118 valence electrons. The van der Waals surface area contributed by atoms with Crippen molar-refractivity contribution >= 4 is 5.97 Å². The lowest BCUT2D eigenvalue weighted by atomic mass is 10.1. The maximum absolute atomic E-state index is 13.9. The van der Waals surface area contributed by atoms with Gasteiger partial charge in [-0.2, -0.15) is 0 Å². The lowest BCUT2D eigenvalue weighted by Gasteiger charge is -2.10. The first kappa shape index (κ1) is 15.9. The third-order valence-corrected chi connectivity index (χ3v) is 3.23. The molecule has 0 bridgehead atoms. The average molecular weight is 311 g/mol. The summed E-state index contributed by atoms with van der Waals surface area (Å²) < 4.78 is 38.0. The molecule has 0 atom stereocenters. The van der Waals surface area contributed by atoms with Gasteiger partial charge in [0.2, 0.25) is 0 Å². The monoisotopic (exact) mass is 311 g/mol. The molecule has 0 fully saturated rings. The first-order chi connectivity index (χ1) is 10.4. The summed E-state index contributed by atoms with van der Waals surface area (Å²) in [6.07, 6.45) is -0.147. The van der Waals surface area contributed by atoms with Crippen molar-refractivity contribution in [2.45, 2.75) is 33.3 Å². The molecule has 5 nitrogen and oxygen atoms in total. The molecule has 22 heavy (non-hydrogen) atoms. The zero-order chi connectivity index (χ0) is 16.3. The number of aromatic nitrogens is 1. The number of aryl methyl sites for hydroxylation is 3. The summed E-state index contributed by atoms with van der Waals surface area (Å²) in [6.45, 7) is 3.32. The van der Waals surface area contributed by atoms with Gasteiger partial charge in [-0.25, -0.2) is 8.78 Å². The second kappa shape index (κ2) is 6.55. The van der Waals surface area contributed by atoms with E-state index >= 15 is 0 Å². The highest BCUT2D eigenvalue weighted by Gasteiger charge is 2.16. The third kappa shape index (κ3) is 3.60. The fourth-order valence-corrected chi connectivity index (χ4v) is 2.00. The zero-order valence-electron chi connectivity index (χ0n) is 12.2. The molecule has 0 radical (unpaired) electrons. The highest BCUT2D eigenvalue weighted by atomic mass is 19.1. The Labute approximate surface area is 125 Å². The van der Waals surface area contributed by atoms with E-state index in [1.165, 1.54) is 0 Å². The van der Waals surface area contributed by atoms with Crippen LogP contribution in [-0.2, 0) is 17.8 Å². The molecule has 7 heteroatoms. The van der Waals surface area contributed by atoms with Crippen molar-refractivity contribution in [3.8, 4) is 5.75 Å². The number of hydrogen-bond donors (Lipinski definition) is 1. The smallest absolute Gasteiger partial charge is 0.303 e. The molecule has 1 aromatic heterocycles. The molecule has 2 aromatic rings. The fourth-order valence-electron chi connectivity index (χ4n) is 2.00. The molecular weight excluding hydrogens is 296 g/mol. The van der Waals surface area contributed by atoms with Gasteiger partial charge in [0, 0.05) is 6.42 Å². The molecule has 0 unspecified atom stereocenters. The van der Waals surface area contributed by atoms with E-state index < -0.39 is 23.4 Å². The summed E-state index contributed by atoms with van der Waals surface area (Å²) in [5.74, 6) is -2.74. The van der Waals surface area contributed by atoms with E-state index in [2.05, 4.69) is 5.16 Å². The minimum absolute atomic E-state index is 0.0489.